The molecule has 11 heteroatoms. The van der Waals surface area contributed by atoms with Crippen LogP contribution in [0, 0.1) is 18.6 Å². The van der Waals surface area contributed by atoms with Gasteiger partial charge in [0.1, 0.15) is 22.9 Å². The quantitative estimate of drug-likeness (QED) is 0.301. The van der Waals surface area contributed by atoms with E-state index >= 15 is 8.78 Å². The van der Waals surface area contributed by atoms with Gasteiger partial charge in [0.25, 0.3) is 0 Å². The topological polar surface area (TPSA) is 75.0 Å². The van der Waals surface area contributed by atoms with Crippen LogP contribution < -0.4 is 5.32 Å². The standard InChI is InChI=1S/C32H42F2N8S/c1-21-36-30-24(33)17-23(18-27(30)42(21)32(2,3)4)29-25(34)19-35-31(39-29)38-28-8-7-22-20-41(10-9-26(22)37-28)12-11-40-13-15-43(5,6)16-14-40/h7-8,17-19H,9-16,20H2,1-6H3,(H,35,37,38,39). The average molecular weight is 609 g/mol. The van der Waals surface area contributed by atoms with Crippen molar-refractivity contribution in [2.45, 2.75) is 46.2 Å². The number of rotatable bonds is 6. The first-order chi connectivity index (χ1) is 20.4. The fourth-order valence-corrected chi connectivity index (χ4v) is 7.90. The van der Waals surface area contributed by atoms with Crippen molar-refractivity contribution in [1.29, 1.82) is 0 Å². The van der Waals surface area contributed by atoms with Crippen LogP contribution in [-0.4, -0.2) is 91.0 Å². The Labute approximate surface area is 254 Å². The van der Waals surface area contributed by atoms with Gasteiger partial charge in [0.2, 0.25) is 5.95 Å². The number of hydrogen-bond acceptors (Lipinski definition) is 7. The van der Waals surface area contributed by atoms with Gasteiger partial charge in [-0.25, -0.2) is 38.7 Å². The number of hydrogen-bond donors (Lipinski definition) is 1. The molecule has 43 heavy (non-hydrogen) atoms. The van der Waals surface area contributed by atoms with Gasteiger partial charge in [-0.2, -0.15) is 0 Å². The van der Waals surface area contributed by atoms with Gasteiger partial charge in [-0.15, -0.1) is 0 Å². The van der Waals surface area contributed by atoms with Gasteiger partial charge < -0.3 is 14.8 Å². The molecular weight excluding hydrogens is 566 g/mol. The van der Waals surface area contributed by atoms with E-state index in [0.717, 1.165) is 44.5 Å². The second-order valence-electron chi connectivity index (χ2n) is 13.4. The van der Waals surface area contributed by atoms with E-state index in [1.54, 1.807) is 6.07 Å². The second kappa shape index (κ2) is 11.4. The Morgan fingerprint density at radius 2 is 1.67 bits per heavy atom. The molecule has 5 heterocycles. The van der Waals surface area contributed by atoms with E-state index in [1.807, 2.05) is 38.3 Å². The molecule has 2 aliphatic heterocycles. The van der Waals surface area contributed by atoms with Crippen molar-refractivity contribution in [1.82, 2.24) is 34.3 Å². The highest BCUT2D eigenvalue weighted by Gasteiger charge is 2.25. The molecule has 1 aromatic carbocycles. The van der Waals surface area contributed by atoms with Crippen LogP contribution in [0.15, 0.2) is 30.5 Å². The van der Waals surface area contributed by atoms with Gasteiger partial charge in [0.15, 0.2) is 11.6 Å². The molecule has 1 N–H and O–H groups in total. The summed E-state index contributed by atoms with van der Waals surface area (Å²) in [6, 6.07) is 7.05. The van der Waals surface area contributed by atoms with Crippen molar-refractivity contribution in [3.8, 4) is 11.3 Å². The summed E-state index contributed by atoms with van der Waals surface area (Å²) in [5.41, 5.74) is 3.16. The summed E-state index contributed by atoms with van der Waals surface area (Å²) in [6.45, 7) is 14.4. The average Bonchev–Trinajstić information content (AvgIpc) is 3.30. The molecule has 0 saturated carbocycles. The highest BCUT2D eigenvalue weighted by Crippen LogP contribution is 2.41. The van der Waals surface area contributed by atoms with Crippen LogP contribution in [0.25, 0.3) is 22.3 Å². The van der Waals surface area contributed by atoms with E-state index in [4.69, 9.17) is 4.98 Å². The van der Waals surface area contributed by atoms with E-state index in [2.05, 4.69) is 48.6 Å². The summed E-state index contributed by atoms with van der Waals surface area (Å²) in [6.07, 6.45) is 6.89. The molecule has 0 atom stereocenters. The van der Waals surface area contributed by atoms with Crippen LogP contribution in [-0.2, 0) is 18.5 Å². The van der Waals surface area contributed by atoms with Crippen molar-refractivity contribution in [3.05, 3.63) is 59.2 Å². The number of fused-ring (bicyclic) bond motifs is 2. The van der Waals surface area contributed by atoms with Gasteiger partial charge in [0.05, 0.1) is 11.7 Å². The Bertz CT molecular complexity index is 1650. The minimum Gasteiger partial charge on any atom is -0.323 e. The van der Waals surface area contributed by atoms with Gasteiger partial charge >= 0.3 is 0 Å². The molecule has 8 nitrogen and oxygen atoms in total. The molecule has 2 aliphatic rings. The maximum absolute atomic E-state index is 15.2. The van der Waals surface area contributed by atoms with Crippen LogP contribution in [0.5, 0.6) is 0 Å². The predicted octanol–water partition coefficient (Wildman–Crippen LogP) is 5.71. The molecule has 4 aromatic rings. The molecule has 0 amide bonds. The monoisotopic (exact) mass is 608 g/mol. The highest BCUT2D eigenvalue weighted by molar-refractivity contribution is 8.32. The van der Waals surface area contributed by atoms with Crippen LogP contribution in [0.4, 0.5) is 20.5 Å². The third kappa shape index (κ3) is 6.39. The number of aryl methyl sites for hydroxylation is 1. The normalized spacial score (nSPS) is 18.5. The molecule has 0 bridgehead atoms. The third-order valence-corrected chi connectivity index (χ3v) is 11.2. The van der Waals surface area contributed by atoms with E-state index in [9.17, 15) is 0 Å². The summed E-state index contributed by atoms with van der Waals surface area (Å²) >= 11 is 0. The summed E-state index contributed by atoms with van der Waals surface area (Å²) < 4.78 is 32.2. The van der Waals surface area contributed by atoms with E-state index in [0.29, 0.717) is 22.7 Å². The fraction of sp³-hybridized carbons (Fsp3) is 0.500. The van der Waals surface area contributed by atoms with Crippen molar-refractivity contribution in [2.75, 3.05) is 62.1 Å². The number of nitrogens with zero attached hydrogens (tertiary/aromatic N) is 7. The molecule has 0 radical (unpaired) electrons. The second-order valence-corrected chi connectivity index (χ2v) is 17.7. The molecule has 0 aliphatic carbocycles. The predicted molar refractivity (Wildman–Crippen MR) is 173 cm³/mol. The summed E-state index contributed by atoms with van der Waals surface area (Å²) in [5.74, 6) is 3.05. The minimum absolute atomic E-state index is 0.0184. The molecule has 0 unspecified atom stereocenters. The lowest BCUT2D eigenvalue weighted by atomic mass is 10.1. The van der Waals surface area contributed by atoms with Crippen LogP contribution in [0.3, 0.4) is 0 Å². The Hall–Kier alpha value is -3.15. The summed E-state index contributed by atoms with van der Waals surface area (Å²) in [4.78, 5) is 23.0. The number of halogens is 2. The molecule has 1 fully saturated rings. The lowest BCUT2D eigenvalue weighted by molar-refractivity contribution is 0.200. The lowest BCUT2D eigenvalue weighted by Gasteiger charge is -2.41. The molecule has 3 aromatic heterocycles. The third-order valence-electron chi connectivity index (χ3n) is 8.59. The van der Waals surface area contributed by atoms with E-state index in [1.165, 1.54) is 36.2 Å². The molecule has 6 rings (SSSR count). The number of anilines is 2. The first-order valence-corrected chi connectivity index (χ1v) is 17.8. The number of benzene rings is 1. The van der Waals surface area contributed by atoms with Gasteiger partial charge in [-0.3, -0.25) is 4.90 Å². The largest absolute Gasteiger partial charge is 0.323 e. The number of imidazole rings is 1. The fourth-order valence-electron chi connectivity index (χ4n) is 6.19. The SMILES string of the molecule is Cc1nc2c(F)cc(-c3nc(Nc4ccc5c(n4)CCN(CCN4CCS(C)(C)CC4)C5)ncc3F)cc2n1C(C)(C)C. The molecule has 1 saturated heterocycles. The molecule has 230 valence electrons. The zero-order valence-corrected chi connectivity index (χ0v) is 26.9. The van der Waals surface area contributed by atoms with Crippen molar-refractivity contribution >= 4 is 32.8 Å². The zero-order chi connectivity index (χ0) is 30.5. The maximum atomic E-state index is 15.2. The smallest absolute Gasteiger partial charge is 0.229 e. The van der Waals surface area contributed by atoms with Gasteiger partial charge in [-0.1, -0.05) is 6.07 Å². The Kier molecular flexibility index (Phi) is 7.93. The van der Waals surface area contributed by atoms with Crippen LogP contribution in [0.2, 0.25) is 0 Å². The number of aromatic nitrogens is 5. The van der Waals surface area contributed by atoms with Crippen molar-refractivity contribution < 1.29 is 8.78 Å². The Morgan fingerprint density at radius 3 is 2.42 bits per heavy atom. The van der Waals surface area contributed by atoms with E-state index < -0.39 is 11.6 Å². The Morgan fingerprint density at radius 1 is 0.930 bits per heavy atom. The summed E-state index contributed by atoms with van der Waals surface area (Å²) in [5, 5.41) is 3.14. The first-order valence-electron chi connectivity index (χ1n) is 15.0. The van der Waals surface area contributed by atoms with Gasteiger partial charge in [-0.05, 0) is 75.5 Å². The van der Waals surface area contributed by atoms with Crippen LogP contribution >= 0.6 is 10.0 Å². The maximum Gasteiger partial charge on any atom is 0.229 e. The Balaban J connectivity index is 1.16. The molecule has 0 spiro atoms. The van der Waals surface area contributed by atoms with Crippen molar-refractivity contribution in [3.63, 3.8) is 0 Å². The van der Waals surface area contributed by atoms with Crippen LogP contribution in [0.1, 0.15) is 37.9 Å². The molecular formula is C32H42F2N8S. The van der Waals surface area contributed by atoms with E-state index in [-0.39, 0.29) is 32.7 Å². The lowest BCUT2D eigenvalue weighted by Crippen LogP contribution is -2.43. The summed E-state index contributed by atoms with van der Waals surface area (Å²) in [7, 11) is -0.375. The first kappa shape index (κ1) is 29.9. The highest BCUT2D eigenvalue weighted by atomic mass is 32.3. The van der Waals surface area contributed by atoms with Gasteiger partial charge in [0, 0.05) is 62.5 Å². The zero-order valence-electron chi connectivity index (χ0n) is 26.0. The number of pyridine rings is 1. The minimum atomic E-state index is -0.629. The van der Waals surface area contributed by atoms with Crippen molar-refractivity contribution in [2.24, 2.45) is 0 Å². The number of nitrogens with one attached hydrogen (secondary N) is 1.